The van der Waals surface area contributed by atoms with Crippen molar-refractivity contribution in [1.82, 2.24) is 4.98 Å². The molecule has 0 aliphatic heterocycles. The molecule has 3 nitrogen and oxygen atoms in total. The standard InChI is InChI=1S/C12H17N3/c1-9-7-8-11(13)12(14-9)15-10-5-3-2-4-6-10/h2-3,7-8,10H,4-6,13H2,1H3,(H,14,15). The van der Waals surface area contributed by atoms with E-state index in [1.165, 1.54) is 0 Å². The van der Waals surface area contributed by atoms with Gasteiger partial charge in [-0.15, -0.1) is 0 Å². The zero-order valence-electron chi connectivity index (χ0n) is 9.03. The van der Waals surface area contributed by atoms with E-state index in [1.54, 1.807) is 0 Å². The summed E-state index contributed by atoms with van der Waals surface area (Å²) in [6.07, 6.45) is 7.81. The molecule has 1 atom stereocenters. The summed E-state index contributed by atoms with van der Waals surface area (Å²) in [5.41, 5.74) is 7.59. The van der Waals surface area contributed by atoms with Gasteiger partial charge in [-0.1, -0.05) is 12.2 Å². The number of rotatable bonds is 2. The van der Waals surface area contributed by atoms with Crippen LogP contribution in [0.1, 0.15) is 25.0 Å². The third-order valence-corrected chi connectivity index (χ3v) is 2.68. The molecule has 1 aromatic heterocycles. The van der Waals surface area contributed by atoms with Gasteiger partial charge in [-0.3, -0.25) is 0 Å². The molecule has 80 valence electrons. The van der Waals surface area contributed by atoms with Gasteiger partial charge in [0.15, 0.2) is 0 Å². The lowest BCUT2D eigenvalue weighted by Gasteiger charge is -2.20. The zero-order valence-corrected chi connectivity index (χ0v) is 9.03. The van der Waals surface area contributed by atoms with E-state index in [0.717, 1.165) is 36.5 Å². The molecule has 1 aromatic rings. The van der Waals surface area contributed by atoms with Crippen molar-refractivity contribution < 1.29 is 0 Å². The summed E-state index contributed by atoms with van der Waals surface area (Å²) in [5, 5.41) is 3.40. The Hall–Kier alpha value is -1.51. The molecule has 0 fully saturated rings. The number of allylic oxidation sites excluding steroid dienone is 1. The fraction of sp³-hybridized carbons (Fsp3) is 0.417. The van der Waals surface area contributed by atoms with Crippen LogP contribution < -0.4 is 11.1 Å². The third kappa shape index (κ3) is 2.49. The van der Waals surface area contributed by atoms with Crippen LogP contribution in [0.2, 0.25) is 0 Å². The number of nitrogens with two attached hydrogens (primary N) is 1. The quantitative estimate of drug-likeness (QED) is 0.726. The zero-order chi connectivity index (χ0) is 10.7. The molecule has 1 aliphatic rings. The number of aromatic nitrogens is 1. The predicted molar refractivity (Wildman–Crippen MR) is 63.8 cm³/mol. The first-order valence-electron chi connectivity index (χ1n) is 5.40. The molecule has 2 rings (SSSR count). The van der Waals surface area contributed by atoms with Crippen LogP contribution in [0.4, 0.5) is 11.5 Å². The van der Waals surface area contributed by atoms with Crippen LogP contribution in [0.15, 0.2) is 24.3 Å². The number of nitrogens with one attached hydrogen (secondary N) is 1. The summed E-state index contributed by atoms with van der Waals surface area (Å²) in [4.78, 5) is 4.41. The van der Waals surface area contributed by atoms with Crippen molar-refractivity contribution in [2.24, 2.45) is 0 Å². The maximum absolute atomic E-state index is 5.86. The highest BCUT2D eigenvalue weighted by Gasteiger charge is 2.11. The molecule has 0 saturated carbocycles. The normalized spacial score (nSPS) is 20.2. The van der Waals surface area contributed by atoms with Crippen LogP contribution in [0.25, 0.3) is 0 Å². The van der Waals surface area contributed by atoms with Crippen LogP contribution in [0, 0.1) is 6.92 Å². The second-order valence-electron chi connectivity index (χ2n) is 4.02. The maximum Gasteiger partial charge on any atom is 0.149 e. The highest BCUT2D eigenvalue weighted by Crippen LogP contribution is 2.20. The van der Waals surface area contributed by atoms with Crippen molar-refractivity contribution in [3.8, 4) is 0 Å². The minimum atomic E-state index is 0.478. The first kappa shape index (κ1) is 10.0. The molecule has 0 radical (unpaired) electrons. The van der Waals surface area contributed by atoms with Crippen molar-refractivity contribution >= 4 is 11.5 Å². The van der Waals surface area contributed by atoms with E-state index in [-0.39, 0.29) is 0 Å². The Labute approximate surface area is 90.4 Å². The largest absolute Gasteiger partial charge is 0.396 e. The van der Waals surface area contributed by atoms with E-state index in [9.17, 15) is 0 Å². The van der Waals surface area contributed by atoms with Gasteiger partial charge in [0, 0.05) is 11.7 Å². The molecule has 0 bridgehead atoms. The van der Waals surface area contributed by atoms with E-state index < -0.39 is 0 Å². The van der Waals surface area contributed by atoms with E-state index in [4.69, 9.17) is 5.73 Å². The Bertz CT molecular complexity index is 371. The summed E-state index contributed by atoms with van der Waals surface area (Å²) < 4.78 is 0. The Morgan fingerprint density at radius 1 is 1.40 bits per heavy atom. The van der Waals surface area contributed by atoms with Crippen LogP contribution >= 0.6 is 0 Å². The predicted octanol–water partition coefficient (Wildman–Crippen LogP) is 2.49. The fourth-order valence-electron chi connectivity index (χ4n) is 1.80. The summed E-state index contributed by atoms with van der Waals surface area (Å²) in [5.74, 6) is 0.829. The van der Waals surface area contributed by atoms with Crippen LogP contribution in [0.3, 0.4) is 0 Å². The Morgan fingerprint density at radius 2 is 2.27 bits per heavy atom. The number of anilines is 2. The molecule has 0 amide bonds. The van der Waals surface area contributed by atoms with Crippen molar-refractivity contribution in [2.45, 2.75) is 32.2 Å². The molecule has 15 heavy (non-hydrogen) atoms. The van der Waals surface area contributed by atoms with E-state index >= 15 is 0 Å². The number of aryl methyl sites for hydroxylation is 1. The lowest BCUT2D eigenvalue weighted by atomic mass is 10.0. The number of hydrogen-bond acceptors (Lipinski definition) is 3. The monoisotopic (exact) mass is 203 g/mol. The van der Waals surface area contributed by atoms with Gasteiger partial charge in [-0.2, -0.15) is 0 Å². The molecule has 0 aromatic carbocycles. The number of hydrogen-bond donors (Lipinski definition) is 2. The first-order chi connectivity index (χ1) is 7.25. The van der Waals surface area contributed by atoms with Gasteiger partial charge in [0.1, 0.15) is 5.82 Å². The van der Waals surface area contributed by atoms with Gasteiger partial charge in [0.05, 0.1) is 5.69 Å². The number of nitrogen functional groups attached to an aromatic ring is 1. The van der Waals surface area contributed by atoms with Gasteiger partial charge in [0.2, 0.25) is 0 Å². The summed E-state index contributed by atoms with van der Waals surface area (Å²) in [7, 11) is 0. The first-order valence-corrected chi connectivity index (χ1v) is 5.40. The van der Waals surface area contributed by atoms with Gasteiger partial charge < -0.3 is 11.1 Å². The van der Waals surface area contributed by atoms with Gasteiger partial charge in [-0.05, 0) is 38.3 Å². The Balaban J connectivity index is 2.09. The molecule has 1 heterocycles. The smallest absolute Gasteiger partial charge is 0.149 e. The van der Waals surface area contributed by atoms with E-state index in [2.05, 4.69) is 22.5 Å². The maximum atomic E-state index is 5.86. The summed E-state index contributed by atoms with van der Waals surface area (Å²) in [6.45, 7) is 1.98. The lowest BCUT2D eigenvalue weighted by molar-refractivity contribution is 0.642. The van der Waals surface area contributed by atoms with Crippen molar-refractivity contribution in [2.75, 3.05) is 11.1 Å². The minimum absolute atomic E-state index is 0.478. The number of nitrogens with zero attached hydrogens (tertiary/aromatic N) is 1. The molecular weight excluding hydrogens is 186 g/mol. The average Bonchev–Trinajstić information content (AvgIpc) is 2.25. The molecule has 0 saturated heterocycles. The molecule has 0 spiro atoms. The van der Waals surface area contributed by atoms with Gasteiger partial charge in [0.25, 0.3) is 0 Å². The summed E-state index contributed by atoms with van der Waals surface area (Å²) >= 11 is 0. The molecule has 1 aliphatic carbocycles. The molecular formula is C12H17N3. The van der Waals surface area contributed by atoms with Crippen molar-refractivity contribution in [3.05, 3.63) is 30.0 Å². The summed E-state index contributed by atoms with van der Waals surface area (Å²) in [6, 6.07) is 4.32. The highest BCUT2D eigenvalue weighted by molar-refractivity contribution is 5.61. The minimum Gasteiger partial charge on any atom is -0.396 e. The topological polar surface area (TPSA) is 50.9 Å². The molecule has 1 unspecified atom stereocenters. The molecule has 3 N–H and O–H groups in total. The van der Waals surface area contributed by atoms with E-state index in [1.807, 2.05) is 19.1 Å². The highest BCUT2D eigenvalue weighted by atomic mass is 15.0. The van der Waals surface area contributed by atoms with Crippen molar-refractivity contribution in [1.29, 1.82) is 0 Å². The second kappa shape index (κ2) is 4.34. The SMILES string of the molecule is Cc1ccc(N)c(NC2CC=CCC2)n1. The Morgan fingerprint density at radius 3 is 3.00 bits per heavy atom. The third-order valence-electron chi connectivity index (χ3n) is 2.68. The van der Waals surface area contributed by atoms with Gasteiger partial charge in [-0.25, -0.2) is 4.98 Å². The van der Waals surface area contributed by atoms with E-state index in [0.29, 0.717) is 6.04 Å². The fourth-order valence-corrected chi connectivity index (χ4v) is 1.80. The van der Waals surface area contributed by atoms with Crippen molar-refractivity contribution in [3.63, 3.8) is 0 Å². The second-order valence-corrected chi connectivity index (χ2v) is 4.02. The van der Waals surface area contributed by atoms with Crippen LogP contribution in [0.5, 0.6) is 0 Å². The Kier molecular flexibility index (Phi) is 2.90. The average molecular weight is 203 g/mol. The van der Waals surface area contributed by atoms with Crippen LogP contribution in [-0.4, -0.2) is 11.0 Å². The van der Waals surface area contributed by atoms with Crippen LogP contribution in [-0.2, 0) is 0 Å². The molecule has 3 heteroatoms. The van der Waals surface area contributed by atoms with Gasteiger partial charge >= 0.3 is 0 Å². The lowest BCUT2D eigenvalue weighted by Crippen LogP contribution is -2.21. The number of pyridine rings is 1.